The lowest BCUT2D eigenvalue weighted by molar-refractivity contribution is -0.128. The summed E-state index contributed by atoms with van der Waals surface area (Å²) < 4.78 is 7.62. The summed E-state index contributed by atoms with van der Waals surface area (Å²) in [5, 5.41) is 9.66. The Labute approximate surface area is 187 Å². The van der Waals surface area contributed by atoms with Crippen molar-refractivity contribution in [2.45, 2.75) is 25.5 Å². The monoisotopic (exact) mass is 446 g/mol. The van der Waals surface area contributed by atoms with Gasteiger partial charge in [-0.3, -0.25) is 14.3 Å². The number of amides is 1. The van der Waals surface area contributed by atoms with Gasteiger partial charge in [-0.05, 0) is 5.92 Å². The molecule has 168 valence electrons. The summed E-state index contributed by atoms with van der Waals surface area (Å²) in [4.78, 5) is 27.6. The van der Waals surface area contributed by atoms with Crippen LogP contribution in [0.1, 0.15) is 13.8 Å². The van der Waals surface area contributed by atoms with Crippen molar-refractivity contribution in [3.05, 3.63) is 18.6 Å². The first kappa shape index (κ1) is 21.8. The van der Waals surface area contributed by atoms with E-state index in [0.29, 0.717) is 38.0 Å². The minimum absolute atomic E-state index is 0.135. The zero-order chi connectivity index (χ0) is 21.6. The van der Waals surface area contributed by atoms with Gasteiger partial charge in [-0.25, -0.2) is 4.98 Å². The van der Waals surface area contributed by atoms with Gasteiger partial charge in [0.05, 0.1) is 25.2 Å². The van der Waals surface area contributed by atoms with Gasteiger partial charge in [-0.2, -0.15) is 0 Å². The molecule has 2 aromatic heterocycles. The Balaban J connectivity index is 1.34. The Morgan fingerprint density at radius 3 is 2.52 bits per heavy atom. The van der Waals surface area contributed by atoms with E-state index in [2.05, 4.69) is 48.4 Å². The summed E-state index contributed by atoms with van der Waals surface area (Å²) in [6.45, 7) is 11.1. The average Bonchev–Trinajstić information content (AvgIpc) is 3.20. The number of carbonyl (C=O) groups is 1. The van der Waals surface area contributed by atoms with Crippen LogP contribution in [0.25, 0.3) is 0 Å². The number of carbonyl (C=O) groups excluding carboxylic acids is 1. The van der Waals surface area contributed by atoms with E-state index < -0.39 is 0 Å². The number of nitrogens with zero attached hydrogens (tertiary/aromatic N) is 8. The van der Waals surface area contributed by atoms with Gasteiger partial charge in [0.15, 0.2) is 5.16 Å². The molecule has 0 bridgehead atoms. The first-order valence-corrected chi connectivity index (χ1v) is 11.8. The largest absolute Gasteiger partial charge is 0.378 e. The van der Waals surface area contributed by atoms with Crippen LogP contribution in [0.5, 0.6) is 0 Å². The predicted molar refractivity (Wildman–Crippen MR) is 119 cm³/mol. The van der Waals surface area contributed by atoms with Gasteiger partial charge in [0.25, 0.3) is 0 Å². The number of ether oxygens (including phenoxy) is 1. The molecule has 2 aliphatic heterocycles. The molecule has 4 heterocycles. The highest BCUT2D eigenvalue weighted by molar-refractivity contribution is 7.99. The van der Waals surface area contributed by atoms with Crippen LogP contribution in [-0.4, -0.2) is 93.8 Å². The Kier molecular flexibility index (Phi) is 7.23. The molecule has 11 heteroatoms. The fraction of sp³-hybridized carbons (Fsp3) is 0.650. The van der Waals surface area contributed by atoms with Crippen LogP contribution in [0.3, 0.4) is 0 Å². The fourth-order valence-electron chi connectivity index (χ4n) is 3.77. The number of morpholine rings is 1. The molecular weight excluding hydrogens is 416 g/mol. The summed E-state index contributed by atoms with van der Waals surface area (Å²) in [6, 6.07) is 0. The number of hydrogen-bond acceptors (Lipinski definition) is 9. The summed E-state index contributed by atoms with van der Waals surface area (Å²) in [5.74, 6) is 2.70. The van der Waals surface area contributed by atoms with E-state index in [-0.39, 0.29) is 5.91 Å². The summed E-state index contributed by atoms with van der Waals surface area (Å²) in [6.07, 6.45) is 5.13. The van der Waals surface area contributed by atoms with Gasteiger partial charge in [-0.15, -0.1) is 10.2 Å². The Morgan fingerprint density at radius 1 is 1.06 bits per heavy atom. The smallest absolute Gasteiger partial charge is 0.233 e. The zero-order valence-corrected chi connectivity index (χ0v) is 19.0. The molecule has 0 unspecified atom stereocenters. The molecule has 0 aliphatic carbocycles. The van der Waals surface area contributed by atoms with Gasteiger partial charge < -0.3 is 19.4 Å². The fourth-order valence-corrected chi connectivity index (χ4v) is 4.61. The molecule has 0 spiro atoms. The molecular formula is C20H30N8O2S. The number of aromatic nitrogens is 5. The lowest BCUT2D eigenvalue weighted by Crippen LogP contribution is -2.49. The molecule has 2 fully saturated rings. The van der Waals surface area contributed by atoms with Crippen LogP contribution >= 0.6 is 11.8 Å². The minimum atomic E-state index is 0.135. The maximum Gasteiger partial charge on any atom is 0.233 e. The van der Waals surface area contributed by atoms with Gasteiger partial charge in [0, 0.05) is 58.2 Å². The van der Waals surface area contributed by atoms with Crippen molar-refractivity contribution in [2.24, 2.45) is 5.92 Å². The van der Waals surface area contributed by atoms with Crippen molar-refractivity contribution < 1.29 is 9.53 Å². The molecule has 0 N–H and O–H groups in total. The van der Waals surface area contributed by atoms with E-state index in [4.69, 9.17) is 4.74 Å². The Morgan fingerprint density at radius 2 is 1.84 bits per heavy atom. The summed E-state index contributed by atoms with van der Waals surface area (Å²) in [7, 11) is 0. The summed E-state index contributed by atoms with van der Waals surface area (Å²) in [5.41, 5.74) is 0. The van der Waals surface area contributed by atoms with Crippen molar-refractivity contribution >= 4 is 29.4 Å². The van der Waals surface area contributed by atoms with Crippen molar-refractivity contribution in [1.82, 2.24) is 29.6 Å². The predicted octanol–water partition coefficient (Wildman–Crippen LogP) is 1.00. The molecule has 31 heavy (non-hydrogen) atoms. The van der Waals surface area contributed by atoms with Crippen LogP contribution in [-0.2, 0) is 16.1 Å². The van der Waals surface area contributed by atoms with Gasteiger partial charge in [0.1, 0.15) is 5.82 Å². The number of hydrogen-bond donors (Lipinski definition) is 0. The van der Waals surface area contributed by atoms with Crippen LogP contribution in [0, 0.1) is 5.92 Å². The highest BCUT2D eigenvalue weighted by atomic mass is 32.2. The molecule has 0 aromatic carbocycles. The molecule has 2 aliphatic rings. The van der Waals surface area contributed by atoms with Crippen LogP contribution < -0.4 is 9.80 Å². The number of thioether (sulfide) groups is 1. The second-order valence-electron chi connectivity index (χ2n) is 8.11. The number of rotatable bonds is 7. The van der Waals surface area contributed by atoms with Crippen molar-refractivity contribution in [3.63, 3.8) is 0 Å². The minimum Gasteiger partial charge on any atom is -0.378 e. The lowest BCUT2D eigenvalue weighted by atomic mass is 10.2. The van der Waals surface area contributed by atoms with Crippen molar-refractivity contribution in [3.8, 4) is 0 Å². The van der Waals surface area contributed by atoms with E-state index in [1.807, 2.05) is 4.90 Å². The third-order valence-corrected chi connectivity index (χ3v) is 6.32. The second kappa shape index (κ2) is 10.3. The molecule has 2 aromatic rings. The standard InChI is InChI=1S/C20H30N8O2S/c1-16(2)14-28-19(27-9-11-30-12-10-27)23-24-20(28)31-15-18(29)26-7-5-25(6-8-26)17-13-21-3-4-22-17/h3-4,13,16H,5-12,14-15H2,1-2H3. The van der Waals surface area contributed by atoms with E-state index in [1.165, 1.54) is 11.8 Å². The molecule has 4 rings (SSSR count). The Bertz CT molecular complexity index is 848. The first-order chi connectivity index (χ1) is 15.1. The second-order valence-corrected chi connectivity index (χ2v) is 9.05. The number of anilines is 2. The molecule has 10 nitrogen and oxygen atoms in total. The molecule has 0 atom stereocenters. The van der Waals surface area contributed by atoms with Gasteiger partial charge in [-0.1, -0.05) is 25.6 Å². The third-order valence-electron chi connectivity index (χ3n) is 5.37. The van der Waals surface area contributed by atoms with Crippen LogP contribution in [0.4, 0.5) is 11.8 Å². The normalized spacial score (nSPS) is 17.5. The maximum atomic E-state index is 12.8. The van der Waals surface area contributed by atoms with Crippen LogP contribution in [0.2, 0.25) is 0 Å². The first-order valence-electron chi connectivity index (χ1n) is 10.8. The SMILES string of the molecule is CC(C)Cn1c(SCC(=O)N2CCN(c3cnccn3)CC2)nnc1N1CCOCC1. The highest BCUT2D eigenvalue weighted by Gasteiger charge is 2.25. The molecule has 1 amide bonds. The molecule has 2 saturated heterocycles. The van der Waals surface area contributed by atoms with E-state index in [1.54, 1.807) is 18.6 Å². The molecule has 0 radical (unpaired) electrons. The van der Waals surface area contributed by atoms with E-state index >= 15 is 0 Å². The zero-order valence-electron chi connectivity index (χ0n) is 18.2. The van der Waals surface area contributed by atoms with Crippen molar-refractivity contribution in [1.29, 1.82) is 0 Å². The van der Waals surface area contributed by atoms with Crippen molar-refractivity contribution in [2.75, 3.05) is 68.0 Å². The summed E-state index contributed by atoms with van der Waals surface area (Å²) >= 11 is 1.48. The van der Waals surface area contributed by atoms with Gasteiger partial charge in [0.2, 0.25) is 11.9 Å². The maximum absolute atomic E-state index is 12.8. The average molecular weight is 447 g/mol. The number of piperazine rings is 1. The van der Waals surface area contributed by atoms with Gasteiger partial charge >= 0.3 is 0 Å². The van der Waals surface area contributed by atoms with Crippen LogP contribution in [0.15, 0.2) is 23.7 Å². The quantitative estimate of drug-likeness (QED) is 0.578. The lowest BCUT2D eigenvalue weighted by Gasteiger charge is -2.35. The third kappa shape index (κ3) is 5.45. The highest BCUT2D eigenvalue weighted by Crippen LogP contribution is 2.24. The Hall–Kier alpha value is -2.40. The topological polar surface area (TPSA) is 92.5 Å². The van der Waals surface area contributed by atoms with E-state index in [0.717, 1.165) is 49.6 Å². The molecule has 0 saturated carbocycles. The van der Waals surface area contributed by atoms with E-state index in [9.17, 15) is 4.79 Å².